The summed E-state index contributed by atoms with van der Waals surface area (Å²) in [5.41, 5.74) is 2.17. The molecule has 1 aliphatic heterocycles. The summed E-state index contributed by atoms with van der Waals surface area (Å²) in [5, 5.41) is 9.75. The van der Waals surface area contributed by atoms with Crippen molar-refractivity contribution in [1.82, 2.24) is 14.8 Å². The molecule has 128 valence electrons. The largest absolute Gasteiger partial charge is 0.336 e. The molecule has 1 aromatic carbocycles. The van der Waals surface area contributed by atoms with E-state index < -0.39 is 0 Å². The first-order valence-electron chi connectivity index (χ1n) is 8.28. The molecular formula is C19H19ClN4O. The summed E-state index contributed by atoms with van der Waals surface area (Å²) in [4.78, 5) is 20.8. The number of hydrogen-bond donors (Lipinski definition) is 0. The average molecular weight is 355 g/mol. The number of benzene rings is 1. The third-order valence-electron chi connectivity index (χ3n) is 4.35. The van der Waals surface area contributed by atoms with E-state index in [1.165, 1.54) is 6.20 Å². The number of carbonyl (C=O) groups is 1. The van der Waals surface area contributed by atoms with Crippen LogP contribution in [0.15, 0.2) is 42.6 Å². The monoisotopic (exact) mass is 354 g/mol. The number of nitriles is 1. The number of amides is 1. The molecule has 0 saturated carbocycles. The lowest BCUT2D eigenvalue weighted by molar-refractivity contribution is 0.0755. The van der Waals surface area contributed by atoms with Crippen molar-refractivity contribution in [3.8, 4) is 6.07 Å². The fourth-order valence-electron chi connectivity index (χ4n) is 3.00. The van der Waals surface area contributed by atoms with Crippen LogP contribution in [-0.4, -0.2) is 46.9 Å². The maximum atomic E-state index is 12.6. The number of halogens is 1. The zero-order valence-corrected chi connectivity index (χ0v) is 14.6. The molecule has 2 aromatic rings. The lowest BCUT2D eigenvalue weighted by Crippen LogP contribution is -2.35. The third kappa shape index (κ3) is 4.36. The lowest BCUT2D eigenvalue weighted by atomic mass is 10.1. The predicted molar refractivity (Wildman–Crippen MR) is 96.2 cm³/mol. The Morgan fingerprint density at radius 3 is 2.76 bits per heavy atom. The lowest BCUT2D eigenvalue weighted by Gasteiger charge is -2.22. The van der Waals surface area contributed by atoms with Crippen LogP contribution in [0.5, 0.6) is 0 Å². The summed E-state index contributed by atoms with van der Waals surface area (Å²) >= 11 is 5.83. The van der Waals surface area contributed by atoms with Gasteiger partial charge in [0.1, 0.15) is 5.69 Å². The van der Waals surface area contributed by atoms with Crippen LogP contribution < -0.4 is 0 Å². The van der Waals surface area contributed by atoms with Gasteiger partial charge in [-0.1, -0.05) is 29.8 Å². The molecule has 0 radical (unpaired) electrons. The summed E-state index contributed by atoms with van der Waals surface area (Å²) in [7, 11) is 0. The van der Waals surface area contributed by atoms with E-state index in [1.54, 1.807) is 12.1 Å². The fourth-order valence-corrected chi connectivity index (χ4v) is 3.12. The maximum Gasteiger partial charge on any atom is 0.272 e. The number of rotatable bonds is 3. The highest BCUT2D eigenvalue weighted by atomic mass is 35.5. The minimum Gasteiger partial charge on any atom is -0.336 e. The molecule has 6 heteroatoms. The molecule has 1 aliphatic rings. The highest BCUT2D eigenvalue weighted by Gasteiger charge is 2.21. The summed E-state index contributed by atoms with van der Waals surface area (Å²) in [6.45, 7) is 3.76. The van der Waals surface area contributed by atoms with Crippen molar-refractivity contribution in [3.63, 3.8) is 0 Å². The topological polar surface area (TPSA) is 60.2 Å². The van der Waals surface area contributed by atoms with Gasteiger partial charge in [0.2, 0.25) is 0 Å². The minimum absolute atomic E-state index is 0.0593. The van der Waals surface area contributed by atoms with Gasteiger partial charge in [0.25, 0.3) is 5.91 Å². The Hall–Kier alpha value is -2.42. The standard InChI is InChI=1S/C19H19ClN4O/c20-17-6-7-18(22-13-17)19(25)24-9-3-8-23(10-11-24)14-16-5-2-1-4-15(16)12-21/h1-2,4-7,13H,3,8-11,14H2. The molecule has 3 rings (SSSR count). The SMILES string of the molecule is N#Cc1ccccc1CN1CCCN(C(=O)c2ccc(Cl)cn2)CC1. The van der Waals surface area contributed by atoms with Crippen LogP contribution in [-0.2, 0) is 6.54 Å². The minimum atomic E-state index is -0.0593. The Balaban J connectivity index is 1.63. The van der Waals surface area contributed by atoms with Gasteiger partial charge in [-0.3, -0.25) is 9.69 Å². The highest BCUT2D eigenvalue weighted by Crippen LogP contribution is 2.14. The van der Waals surface area contributed by atoms with Gasteiger partial charge in [-0.2, -0.15) is 5.26 Å². The summed E-state index contributed by atoms with van der Waals surface area (Å²) in [5.74, 6) is -0.0593. The first-order chi connectivity index (χ1) is 12.2. The Bertz CT molecular complexity index is 785. The van der Waals surface area contributed by atoms with Crippen LogP contribution in [0.2, 0.25) is 5.02 Å². The van der Waals surface area contributed by atoms with Crippen molar-refractivity contribution in [2.75, 3.05) is 26.2 Å². The third-order valence-corrected chi connectivity index (χ3v) is 4.58. The Labute approximate surface area is 152 Å². The van der Waals surface area contributed by atoms with Gasteiger partial charge < -0.3 is 4.90 Å². The van der Waals surface area contributed by atoms with E-state index in [9.17, 15) is 10.1 Å². The van der Waals surface area contributed by atoms with E-state index in [0.717, 1.165) is 31.6 Å². The first kappa shape index (κ1) is 17.4. The van der Waals surface area contributed by atoms with Crippen molar-refractivity contribution in [1.29, 1.82) is 5.26 Å². The van der Waals surface area contributed by atoms with E-state index >= 15 is 0 Å². The number of aromatic nitrogens is 1. The van der Waals surface area contributed by atoms with Gasteiger partial charge in [0.15, 0.2) is 0 Å². The Kier molecular flexibility index (Phi) is 5.64. The highest BCUT2D eigenvalue weighted by molar-refractivity contribution is 6.30. The molecule has 1 amide bonds. The van der Waals surface area contributed by atoms with Gasteiger partial charge >= 0.3 is 0 Å². The molecule has 0 N–H and O–H groups in total. The molecule has 1 saturated heterocycles. The van der Waals surface area contributed by atoms with Crippen LogP contribution >= 0.6 is 11.6 Å². The summed E-state index contributed by atoms with van der Waals surface area (Å²) < 4.78 is 0. The molecule has 0 bridgehead atoms. The Morgan fingerprint density at radius 1 is 1.16 bits per heavy atom. The normalized spacial score (nSPS) is 15.4. The quantitative estimate of drug-likeness (QED) is 0.850. The first-order valence-corrected chi connectivity index (χ1v) is 8.66. The van der Waals surface area contributed by atoms with E-state index in [4.69, 9.17) is 11.6 Å². The maximum absolute atomic E-state index is 12.6. The van der Waals surface area contributed by atoms with E-state index in [0.29, 0.717) is 29.4 Å². The second kappa shape index (κ2) is 8.11. The van der Waals surface area contributed by atoms with Crippen molar-refractivity contribution in [2.24, 2.45) is 0 Å². The zero-order chi connectivity index (χ0) is 17.6. The number of pyridine rings is 1. The molecule has 0 aliphatic carbocycles. The van der Waals surface area contributed by atoms with Crippen LogP contribution in [0.25, 0.3) is 0 Å². The molecule has 1 fully saturated rings. The van der Waals surface area contributed by atoms with Crippen molar-refractivity contribution in [2.45, 2.75) is 13.0 Å². The molecule has 0 spiro atoms. The van der Waals surface area contributed by atoms with Gasteiger partial charge in [0.05, 0.1) is 16.7 Å². The molecule has 2 heterocycles. The van der Waals surface area contributed by atoms with Gasteiger partial charge in [-0.15, -0.1) is 0 Å². The second-order valence-corrected chi connectivity index (χ2v) is 6.49. The Morgan fingerprint density at radius 2 is 2.00 bits per heavy atom. The number of nitrogens with zero attached hydrogens (tertiary/aromatic N) is 4. The van der Waals surface area contributed by atoms with Crippen LogP contribution in [0.4, 0.5) is 0 Å². The zero-order valence-electron chi connectivity index (χ0n) is 13.9. The second-order valence-electron chi connectivity index (χ2n) is 6.05. The number of carbonyl (C=O) groups excluding carboxylic acids is 1. The van der Waals surface area contributed by atoms with Crippen LogP contribution in [0.3, 0.4) is 0 Å². The molecule has 1 aromatic heterocycles. The van der Waals surface area contributed by atoms with Crippen LogP contribution in [0, 0.1) is 11.3 Å². The summed E-state index contributed by atoms with van der Waals surface area (Å²) in [6.07, 6.45) is 2.39. The molecule has 5 nitrogen and oxygen atoms in total. The predicted octanol–water partition coefficient (Wildman–Crippen LogP) is 2.95. The molecule has 0 atom stereocenters. The molecule has 0 unspecified atom stereocenters. The smallest absolute Gasteiger partial charge is 0.272 e. The fraction of sp³-hybridized carbons (Fsp3) is 0.316. The van der Waals surface area contributed by atoms with Crippen LogP contribution in [0.1, 0.15) is 28.0 Å². The van der Waals surface area contributed by atoms with E-state index in [-0.39, 0.29) is 5.91 Å². The van der Waals surface area contributed by atoms with Crippen molar-refractivity contribution < 1.29 is 4.79 Å². The van der Waals surface area contributed by atoms with E-state index in [1.807, 2.05) is 29.2 Å². The average Bonchev–Trinajstić information content (AvgIpc) is 2.88. The summed E-state index contributed by atoms with van der Waals surface area (Å²) in [6, 6.07) is 13.3. The van der Waals surface area contributed by atoms with Crippen molar-refractivity contribution >= 4 is 17.5 Å². The van der Waals surface area contributed by atoms with Gasteiger partial charge in [-0.25, -0.2) is 4.98 Å². The van der Waals surface area contributed by atoms with Crippen molar-refractivity contribution in [3.05, 3.63) is 64.4 Å². The van der Waals surface area contributed by atoms with Gasteiger partial charge in [-0.05, 0) is 30.2 Å². The van der Waals surface area contributed by atoms with E-state index in [2.05, 4.69) is 16.0 Å². The van der Waals surface area contributed by atoms with Gasteiger partial charge in [0, 0.05) is 38.9 Å². The number of hydrogen-bond acceptors (Lipinski definition) is 4. The molecular weight excluding hydrogens is 336 g/mol. The molecule has 25 heavy (non-hydrogen) atoms.